The molecule has 290 valence electrons. The van der Waals surface area contributed by atoms with Crippen molar-refractivity contribution < 1.29 is 29.0 Å². The molecule has 0 spiro atoms. The minimum absolute atomic E-state index is 0.00284. The lowest BCUT2D eigenvalue weighted by atomic mass is 9.92. The van der Waals surface area contributed by atoms with Gasteiger partial charge in [0.1, 0.15) is 16.7 Å². The average molecular weight is 742 g/mol. The first-order chi connectivity index (χ1) is 24.8. The summed E-state index contributed by atoms with van der Waals surface area (Å²) in [4.78, 5) is 62.7. The van der Waals surface area contributed by atoms with Crippen LogP contribution in [0.3, 0.4) is 0 Å². The van der Waals surface area contributed by atoms with Gasteiger partial charge in [-0.3, -0.25) is 24.1 Å². The van der Waals surface area contributed by atoms with Crippen LogP contribution in [0.1, 0.15) is 121 Å². The largest absolute Gasteiger partial charge is 0.455 e. The van der Waals surface area contributed by atoms with Crippen LogP contribution in [0.5, 0.6) is 0 Å². The highest BCUT2D eigenvalue weighted by Gasteiger charge is 2.38. The van der Waals surface area contributed by atoms with E-state index >= 15 is 0 Å². The molecule has 52 heavy (non-hydrogen) atoms. The number of amides is 3. The minimum atomic E-state index is -0.786. The molecule has 2 heterocycles. The number of nitrogens with zero attached hydrogens (tertiary/aromatic N) is 3. The lowest BCUT2D eigenvalue weighted by Gasteiger charge is -2.40. The SMILES string of the molecule is CCCN(C(=O)[C@@H](NC(=O)[C@H]1CCCCN1C)[C@@H](C)CC)[C@H](C[C@@H](OC(C)=O)c1nc(C(=O)N[C@@H](Cc2ccccc2)C[C@H](C)CO)cs1)C(C)C. The number of benzene rings is 1. The molecule has 12 heteroatoms. The van der Waals surface area contributed by atoms with Crippen LogP contribution in [0.25, 0.3) is 0 Å². The number of aromatic nitrogens is 1. The van der Waals surface area contributed by atoms with Crippen LogP contribution < -0.4 is 10.6 Å². The second-order valence-corrected chi connectivity index (χ2v) is 15.9. The van der Waals surface area contributed by atoms with E-state index in [2.05, 4.69) is 20.5 Å². The fraction of sp³-hybridized carbons (Fsp3) is 0.675. The molecule has 1 aliphatic heterocycles. The summed E-state index contributed by atoms with van der Waals surface area (Å²) in [7, 11) is 1.96. The maximum Gasteiger partial charge on any atom is 0.303 e. The Kier molecular flexibility index (Phi) is 17.7. The van der Waals surface area contributed by atoms with Gasteiger partial charge in [-0.2, -0.15) is 0 Å². The monoisotopic (exact) mass is 741 g/mol. The first-order valence-electron chi connectivity index (χ1n) is 19.2. The molecule has 1 aliphatic rings. The predicted octanol–water partition coefficient (Wildman–Crippen LogP) is 5.78. The summed E-state index contributed by atoms with van der Waals surface area (Å²) in [5.41, 5.74) is 1.30. The van der Waals surface area contributed by atoms with E-state index in [0.29, 0.717) is 37.2 Å². The lowest BCUT2D eigenvalue weighted by Crippen LogP contribution is -2.58. The van der Waals surface area contributed by atoms with Gasteiger partial charge in [-0.1, -0.05) is 84.7 Å². The number of hydrogen-bond donors (Lipinski definition) is 3. The van der Waals surface area contributed by atoms with Crippen molar-refractivity contribution in [1.29, 1.82) is 0 Å². The van der Waals surface area contributed by atoms with E-state index in [9.17, 15) is 24.3 Å². The highest BCUT2D eigenvalue weighted by molar-refractivity contribution is 7.09. The Bertz CT molecular complexity index is 1420. The third-order valence-electron chi connectivity index (χ3n) is 10.2. The van der Waals surface area contributed by atoms with Gasteiger partial charge in [0.15, 0.2) is 6.10 Å². The van der Waals surface area contributed by atoms with Gasteiger partial charge < -0.3 is 25.4 Å². The average Bonchev–Trinajstić information content (AvgIpc) is 3.62. The summed E-state index contributed by atoms with van der Waals surface area (Å²) in [6.45, 7) is 14.8. The molecule has 0 bridgehead atoms. The molecule has 0 aliphatic carbocycles. The van der Waals surface area contributed by atoms with Gasteiger partial charge in [0, 0.05) is 44.0 Å². The molecular weight excluding hydrogens is 679 g/mol. The molecule has 1 saturated heterocycles. The number of likely N-dealkylation sites (tertiary alicyclic amines) is 1. The molecule has 3 rings (SSSR count). The zero-order chi connectivity index (χ0) is 38.4. The molecule has 2 aromatic rings. The number of aliphatic hydroxyl groups excluding tert-OH is 1. The van der Waals surface area contributed by atoms with E-state index in [-0.39, 0.29) is 72.3 Å². The molecule has 0 radical (unpaired) electrons. The molecule has 3 amide bonds. The highest BCUT2D eigenvalue weighted by Crippen LogP contribution is 2.32. The van der Waals surface area contributed by atoms with Crippen LogP contribution in [-0.4, -0.2) is 94.5 Å². The van der Waals surface area contributed by atoms with Crippen LogP contribution in [0, 0.1) is 17.8 Å². The van der Waals surface area contributed by atoms with Gasteiger partial charge in [0.05, 0.1) is 6.04 Å². The Morgan fingerprint density at radius 1 is 1.06 bits per heavy atom. The Morgan fingerprint density at radius 2 is 1.77 bits per heavy atom. The van der Waals surface area contributed by atoms with Crippen LogP contribution in [0.2, 0.25) is 0 Å². The summed E-state index contributed by atoms with van der Waals surface area (Å²) in [6, 6.07) is 8.38. The number of carbonyl (C=O) groups is 4. The molecule has 0 saturated carbocycles. The van der Waals surface area contributed by atoms with Gasteiger partial charge in [-0.05, 0) is 69.0 Å². The van der Waals surface area contributed by atoms with Crippen LogP contribution >= 0.6 is 11.3 Å². The van der Waals surface area contributed by atoms with Crippen LogP contribution in [0.15, 0.2) is 35.7 Å². The summed E-state index contributed by atoms with van der Waals surface area (Å²) in [6.07, 6.45) is 4.94. The van der Waals surface area contributed by atoms with Gasteiger partial charge in [0.2, 0.25) is 11.8 Å². The number of carbonyl (C=O) groups excluding carboxylic acids is 4. The molecule has 1 aromatic carbocycles. The molecule has 1 fully saturated rings. The fourth-order valence-electron chi connectivity index (χ4n) is 7.03. The third-order valence-corrected chi connectivity index (χ3v) is 11.2. The Hall–Kier alpha value is -3.35. The second kappa shape index (κ2) is 21.4. The maximum absolute atomic E-state index is 14.6. The summed E-state index contributed by atoms with van der Waals surface area (Å²) >= 11 is 1.25. The van der Waals surface area contributed by atoms with E-state index in [1.807, 2.05) is 83.8 Å². The number of hydrogen-bond acceptors (Lipinski definition) is 9. The normalized spacial score (nSPS) is 18.5. The maximum atomic E-state index is 14.6. The number of aliphatic hydroxyl groups is 1. The van der Waals surface area contributed by atoms with Crippen molar-refractivity contribution in [1.82, 2.24) is 25.4 Å². The van der Waals surface area contributed by atoms with E-state index in [4.69, 9.17) is 4.74 Å². The zero-order valence-electron chi connectivity index (χ0n) is 32.6. The number of ether oxygens (including phenoxy) is 1. The van der Waals surface area contributed by atoms with E-state index < -0.39 is 18.1 Å². The zero-order valence-corrected chi connectivity index (χ0v) is 33.4. The standard InChI is InChI=1S/C40H63N5O6S/c1-9-19-45(40(50)36(28(6)10-2)43-38(49)33-18-14-15-20-44(33)8)34(26(3)4)23-35(51-29(7)47)39-42-32(25-52-39)37(48)41-31(21-27(5)24-46)22-30-16-12-11-13-17-30/h11-13,16-17,25-28,31,33-36,46H,9-10,14-15,18-24H2,1-8H3,(H,41,48)(H,43,49)/t27-,28-,31+,33+,34+,35+,36-/m0/s1. The smallest absolute Gasteiger partial charge is 0.303 e. The number of esters is 1. The first kappa shape index (κ1) is 43.1. The van der Waals surface area contributed by atoms with Gasteiger partial charge >= 0.3 is 5.97 Å². The summed E-state index contributed by atoms with van der Waals surface area (Å²) in [5, 5.41) is 18.1. The highest BCUT2D eigenvalue weighted by atomic mass is 32.1. The molecule has 0 unspecified atom stereocenters. The Balaban J connectivity index is 1.86. The van der Waals surface area contributed by atoms with Crippen molar-refractivity contribution >= 4 is 35.0 Å². The van der Waals surface area contributed by atoms with E-state index in [1.54, 1.807) is 5.38 Å². The first-order valence-corrected chi connectivity index (χ1v) is 20.1. The van der Waals surface area contributed by atoms with E-state index in [0.717, 1.165) is 31.4 Å². The number of nitrogens with one attached hydrogen (secondary N) is 2. The Labute approximate surface area is 315 Å². The van der Waals surface area contributed by atoms with Crippen molar-refractivity contribution in [2.45, 2.75) is 130 Å². The van der Waals surface area contributed by atoms with Crippen molar-refractivity contribution in [2.75, 3.05) is 26.7 Å². The number of thiazole rings is 1. The van der Waals surface area contributed by atoms with Crippen molar-refractivity contribution in [3.8, 4) is 0 Å². The van der Waals surface area contributed by atoms with Crippen molar-refractivity contribution in [3.63, 3.8) is 0 Å². The van der Waals surface area contributed by atoms with Gasteiger partial charge in [-0.15, -0.1) is 11.3 Å². The quantitative estimate of drug-likeness (QED) is 0.145. The topological polar surface area (TPSA) is 141 Å². The summed E-state index contributed by atoms with van der Waals surface area (Å²) in [5.74, 6) is -1.17. The van der Waals surface area contributed by atoms with Gasteiger partial charge in [-0.25, -0.2) is 4.98 Å². The number of rotatable bonds is 20. The Morgan fingerprint density at radius 3 is 2.37 bits per heavy atom. The number of piperidine rings is 1. The predicted molar refractivity (Wildman–Crippen MR) is 206 cm³/mol. The fourth-order valence-corrected chi connectivity index (χ4v) is 7.87. The molecule has 7 atom stereocenters. The minimum Gasteiger partial charge on any atom is -0.455 e. The van der Waals surface area contributed by atoms with Crippen molar-refractivity contribution in [3.05, 3.63) is 52.0 Å². The molecular formula is C40H63N5O6S. The molecule has 11 nitrogen and oxygen atoms in total. The number of likely N-dealkylation sites (N-methyl/N-ethyl adjacent to an activating group) is 1. The van der Waals surface area contributed by atoms with Crippen LogP contribution in [-0.2, 0) is 25.5 Å². The third kappa shape index (κ3) is 12.7. The lowest BCUT2D eigenvalue weighted by molar-refractivity contribution is -0.149. The second-order valence-electron chi connectivity index (χ2n) is 15.0. The molecule has 1 aromatic heterocycles. The van der Waals surface area contributed by atoms with E-state index in [1.165, 1.54) is 18.3 Å². The molecule has 3 N–H and O–H groups in total. The summed E-state index contributed by atoms with van der Waals surface area (Å²) < 4.78 is 5.87. The van der Waals surface area contributed by atoms with Crippen LogP contribution in [0.4, 0.5) is 0 Å². The van der Waals surface area contributed by atoms with Crippen molar-refractivity contribution in [2.24, 2.45) is 17.8 Å². The van der Waals surface area contributed by atoms with Gasteiger partial charge in [0.25, 0.3) is 5.91 Å².